The molecule has 1 amide bonds. The summed E-state index contributed by atoms with van der Waals surface area (Å²) in [6.07, 6.45) is 18.4. The van der Waals surface area contributed by atoms with E-state index in [0.717, 1.165) is 35.8 Å². The molecule has 1 aliphatic heterocycles. The minimum Gasteiger partial charge on any atom is -0.493 e. The summed E-state index contributed by atoms with van der Waals surface area (Å²) in [5.41, 5.74) is 3.01. The highest BCUT2D eigenvalue weighted by Gasteiger charge is 2.10. The highest BCUT2D eigenvalue weighted by molar-refractivity contribution is 8.02. The number of hydrogen-bond donors (Lipinski definition) is 1. The summed E-state index contributed by atoms with van der Waals surface area (Å²) in [7, 11) is 0. The van der Waals surface area contributed by atoms with Gasteiger partial charge in [0.05, 0.1) is 18.9 Å². The highest BCUT2D eigenvalue weighted by Crippen LogP contribution is 2.21. The van der Waals surface area contributed by atoms with E-state index in [1.165, 1.54) is 76.2 Å². The minimum absolute atomic E-state index is 0.0203. The van der Waals surface area contributed by atoms with Gasteiger partial charge < -0.3 is 15.0 Å². The molecule has 1 aliphatic rings. The second-order valence-electron chi connectivity index (χ2n) is 10.1. The first-order valence-electron chi connectivity index (χ1n) is 14.4. The molecule has 0 fully saturated rings. The Hall–Kier alpha value is -2.40. The lowest BCUT2D eigenvalue weighted by Crippen LogP contribution is -2.15. The molecule has 0 radical (unpaired) electrons. The maximum Gasteiger partial charge on any atom is 0.228 e. The summed E-state index contributed by atoms with van der Waals surface area (Å²) in [6, 6.07) is 16.0. The third-order valence-corrected chi connectivity index (χ3v) is 7.61. The van der Waals surface area contributed by atoms with Crippen LogP contribution in [0, 0.1) is 0 Å². The topological polar surface area (TPSA) is 41.6 Å². The molecule has 4 nitrogen and oxygen atoms in total. The first kappa shape index (κ1) is 29.2. The molecule has 0 bridgehead atoms. The second kappa shape index (κ2) is 18.0. The highest BCUT2D eigenvalue weighted by atomic mass is 32.2. The van der Waals surface area contributed by atoms with E-state index in [9.17, 15) is 4.79 Å². The summed E-state index contributed by atoms with van der Waals surface area (Å²) in [6.45, 7) is 3.88. The maximum absolute atomic E-state index is 12.7. The zero-order chi connectivity index (χ0) is 26.0. The third kappa shape index (κ3) is 12.1. The minimum atomic E-state index is -0.0203. The van der Waals surface area contributed by atoms with Crippen molar-refractivity contribution >= 4 is 23.4 Å². The second-order valence-corrected chi connectivity index (χ2v) is 11.0. The van der Waals surface area contributed by atoms with Crippen LogP contribution >= 0.6 is 11.8 Å². The summed E-state index contributed by atoms with van der Waals surface area (Å²) >= 11 is 1.81. The number of thioether (sulfide) groups is 1. The standard InChI is InChI=1S/C32H46N2O2S/c1-2-3-4-5-6-7-8-9-10-11-12-15-23-36-31-17-14-13-16-29(31)25-32(35)33-30-20-18-28(19-21-30)26-34-22-24-37-27-34/h13-14,16-22,24H,2-12,15,23,25-27H2,1H3,(H,33,35). The number of unbranched alkanes of at least 4 members (excludes halogenated alkanes) is 11. The van der Waals surface area contributed by atoms with Gasteiger partial charge in [-0.3, -0.25) is 4.79 Å². The number of carbonyl (C=O) groups is 1. The Morgan fingerprint density at radius 2 is 1.51 bits per heavy atom. The lowest BCUT2D eigenvalue weighted by atomic mass is 10.1. The number of amides is 1. The van der Waals surface area contributed by atoms with Crippen molar-refractivity contribution in [2.45, 2.75) is 96.9 Å². The Balaban J connectivity index is 1.28. The lowest BCUT2D eigenvalue weighted by molar-refractivity contribution is -0.115. The quantitative estimate of drug-likeness (QED) is 0.187. The third-order valence-electron chi connectivity index (χ3n) is 6.81. The number of nitrogens with one attached hydrogen (secondary N) is 1. The van der Waals surface area contributed by atoms with Crippen molar-refractivity contribution in [2.75, 3.05) is 17.8 Å². The molecule has 5 heteroatoms. The van der Waals surface area contributed by atoms with Gasteiger partial charge in [0.15, 0.2) is 0 Å². The fourth-order valence-electron chi connectivity index (χ4n) is 4.63. The van der Waals surface area contributed by atoms with Gasteiger partial charge in [0.2, 0.25) is 5.91 Å². The summed E-state index contributed by atoms with van der Waals surface area (Å²) < 4.78 is 6.07. The molecule has 1 heterocycles. The Labute approximate surface area is 229 Å². The van der Waals surface area contributed by atoms with Crippen LogP contribution in [0.4, 0.5) is 5.69 Å². The van der Waals surface area contributed by atoms with E-state index in [4.69, 9.17) is 4.74 Å². The summed E-state index contributed by atoms with van der Waals surface area (Å²) in [4.78, 5) is 15.0. The number of carbonyl (C=O) groups excluding carboxylic acids is 1. The predicted molar refractivity (Wildman–Crippen MR) is 159 cm³/mol. The molecule has 0 aromatic heterocycles. The molecule has 0 spiro atoms. The molecule has 0 saturated carbocycles. The van der Waals surface area contributed by atoms with E-state index in [-0.39, 0.29) is 5.91 Å². The van der Waals surface area contributed by atoms with E-state index in [0.29, 0.717) is 13.0 Å². The maximum atomic E-state index is 12.7. The molecule has 0 aliphatic carbocycles. The van der Waals surface area contributed by atoms with Gasteiger partial charge in [0.25, 0.3) is 0 Å². The number of para-hydroxylation sites is 1. The van der Waals surface area contributed by atoms with Crippen molar-refractivity contribution in [3.05, 3.63) is 71.3 Å². The first-order valence-corrected chi connectivity index (χ1v) is 15.4. The number of benzene rings is 2. The zero-order valence-electron chi connectivity index (χ0n) is 22.8. The van der Waals surface area contributed by atoms with E-state index in [1.807, 2.05) is 36.4 Å². The van der Waals surface area contributed by atoms with Gasteiger partial charge in [-0.1, -0.05) is 108 Å². The number of rotatable bonds is 19. The van der Waals surface area contributed by atoms with Crippen LogP contribution in [0.2, 0.25) is 0 Å². The number of hydrogen-bond acceptors (Lipinski definition) is 4. The van der Waals surface area contributed by atoms with Crippen molar-refractivity contribution in [3.63, 3.8) is 0 Å². The smallest absolute Gasteiger partial charge is 0.228 e. The normalized spacial score (nSPS) is 12.7. The van der Waals surface area contributed by atoms with Crippen molar-refractivity contribution in [1.82, 2.24) is 4.90 Å². The fourth-order valence-corrected chi connectivity index (χ4v) is 5.34. The summed E-state index contributed by atoms with van der Waals surface area (Å²) in [5.74, 6) is 1.81. The Kier molecular flexibility index (Phi) is 14.1. The molecule has 202 valence electrons. The van der Waals surface area contributed by atoms with Crippen molar-refractivity contribution in [3.8, 4) is 5.75 Å². The lowest BCUT2D eigenvalue weighted by Gasteiger charge is -2.15. The number of nitrogens with zero attached hydrogens (tertiary/aromatic N) is 1. The molecule has 2 aromatic rings. The van der Waals surface area contributed by atoms with Crippen LogP contribution in [0.1, 0.15) is 95.1 Å². The van der Waals surface area contributed by atoms with Crippen LogP contribution in [-0.4, -0.2) is 23.3 Å². The van der Waals surface area contributed by atoms with E-state index in [2.05, 4.69) is 40.9 Å². The molecule has 0 saturated heterocycles. The molecular formula is C32H46N2O2S. The SMILES string of the molecule is CCCCCCCCCCCCCCOc1ccccc1CC(=O)Nc1ccc(CN2C=CSC2)cc1. The average Bonchev–Trinajstić information content (AvgIpc) is 3.42. The van der Waals surface area contributed by atoms with Crippen molar-refractivity contribution in [1.29, 1.82) is 0 Å². The van der Waals surface area contributed by atoms with E-state index >= 15 is 0 Å². The first-order chi connectivity index (χ1) is 18.2. The van der Waals surface area contributed by atoms with Gasteiger partial charge in [-0.2, -0.15) is 0 Å². The molecule has 1 N–H and O–H groups in total. The molecule has 0 unspecified atom stereocenters. The van der Waals surface area contributed by atoms with Crippen LogP contribution in [0.5, 0.6) is 5.75 Å². The number of ether oxygens (including phenoxy) is 1. The van der Waals surface area contributed by atoms with Gasteiger partial charge in [0.1, 0.15) is 5.75 Å². The molecule has 0 atom stereocenters. The fraction of sp³-hybridized carbons (Fsp3) is 0.531. The van der Waals surface area contributed by atoms with Crippen LogP contribution in [0.25, 0.3) is 0 Å². The van der Waals surface area contributed by atoms with Crippen LogP contribution in [0.15, 0.2) is 60.1 Å². The van der Waals surface area contributed by atoms with Crippen LogP contribution < -0.4 is 10.1 Å². The zero-order valence-corrected chi connectivity index (χ0v) is 23.6. The van der Waals surface area contributed by atoms with Gasteiger partial charge in [-0.25, -0.2) is 0 Å². The van der Waals surface area contributed by atoms with Crippen LogP contribution in [0.3, 0.4) is 0 Å². The average molecular weight is 523 g/mol. The van der Waals surface area contributed by atoms with Gasteiger partial charge >= 0.3 is 0 Å². The Morgan fingerprint density at radius 3 is 2.16 bits per heavy atom. The van der Waals surface area contributed by atoms with Gasteiger partial charge in [-0.05, 0) is 35.6 Å². The Bertz CT molecular complexity index is 929. The molecule has 2 aromatic carbocycles. The molecule has 3 rings (SSSR count). The Morgan fingerprint density at radius 1 is 0.865 bits per heavy atom. The van der Waals surface area contributed by atoms with Crippen molar-refractivity contribution in [2.24, 2.45) is 0 Å². The van der Waals surface area contributed by atoms with Gasteiger partial charge in [-0.15, -0.1) is 11.8 Å². The monoisotopic (exact) mass is 522 g/mol. The van der Waals surface area contributed by atoms with Crippen LogP contribution in [-0.2, 0) is 17.8 Å². The van der Waals surface area contributed by atoms with E-state index < -0.39 is 0 Å². The largest absolute Gasteiger partial charge is 0.493 e. The predicted octanol–water partition coefficient (Wildman–Crippen LogP) is 8.93. The van der Waals surface area contributed by atoms with Crippen molar-refractivity contribution < 1.29 is 9.53 Å². The summed E-state index contributed by atoms with van der Waals surface area (Å²) in [5, 5.41) is 5.15. The number of anilines is 1. The molecule has 37 heavy (non-hydrogen) atoms. The van der Waals surface area contributed by atoms with E-state index in [1.54, 1.807) is 11.8 Å². The molecular weight excluding hydrogens is 476 g/mol. The van der Waals surface area contributed by atoms with Gasteiger partial charge in [0, 0.05) is 24.0 Å².